The maximum Gasteiger partial charge on any atom is 0.122 e. The number of nitrogens with one attached hydrogen (secondary N) is 1. The third-order valence-corrected chi connectivity index (χ3v) is 3.30. The van der Waals surface area contributed by atoms with Crippen LogP contribution in [-0.4, -0.2) is 15.1 Å². The quantitative estimate of drug-likeness (QED) is 0.920. The minimum Gasteiger partial charge on any atom is -0.468 e. The molecule has 0 aliphatic heterocycles. The fourth-order valence-corrected chi connectivity index (χ4v) is 1.90. The molecule has 1 N–H and O–H groups in total. The maximum atomic E-state index is 5.58. The van der Waals surface area contributed by atoms with Crippen LogP contribution in [0, 0.1) is 13.8 Å². The van der Waals surface area contributed by atoms with Gasteiger partial charge >= 0.3 is 0 Å². The summed E-state index contributed by atoms with van der Waals surface area (Å²) in [6.45, 7) is 12.1. The van der Waals surface area contributed by atoms with Crippen molar-refractivity contribution in [3.63, 3.8) is 0 Å². The average Bonchev–Trinajstić information content (AvgIpc) is 2.88. The summed E-state index contributed by atoms with van der Waals surface area (Å²) in [5.41, 5.74) is 3.58. The van der Waals surface area contributed by atoms with Crippen molar-refractivity contribution in [1.82, 2.24) is 14.9 Å². The normalized spacial score (nSPS) is 12.1. The number of hydrogen-bond donors (Lipinski definition) is 1. The fourth-order valence-electron chi connectivity index (χ4n) is 1.90. The van der Waals surface area contributed by atoms with Crippen molar-refractivity contribution >= 4 is 0 Å². The third kappa shape index (κ3) is 3.47. The van der Waals surface area contributed by atoms with Gasteiger partial charge in [0.1, 0.15) is 5.76 Å². The number of aromatic nitrogens is 2. The van der Waals surface area contributed by atoms with Crippen LogP contribution in [0.5, 0.6) is 0 Å². The second kappa shape index (κ2) is 5.21. The number of furan rings is 1. The van der Waals surface area contributed by atoms with Gasteiger partial charge in [-0.05, 0) is 40.7 Å². The Morgan fingerprint density at radius 3 is 2.63 bits per heavy atom. The number of nitrogens with zero attached hydrogens (tertiary/aromatic N) is 2. The predicted octanol–water partition coefficient (Wildman–Crippen LogP) is 3.03. The van der Waals surface area contributed by atoms with E-state index in [0.29, 0.717) is 0 Å². The second-order valence-electron chi connectivity index (χ2n) is 6.02. The highest BCUT2D eigenvalue weighted by Crippen LogP contribution is 2.15. The molecule has 0 aliphatic carbocycles. The molecule has 0 fully saturated rings. The average molecular weight is 261 g/mol. The molecular formula is C15H23N3O. The zero-order valence-electron chi connectivity index (χ0n) is 12.4. The molecule has 104 valence electrons. The Kier molecular flexibility index (Phi) is 3.80. The predicted molar refractivity (Wildman–Crippen MR) is 76.1 cm³/mol. The Balaban J connectivity index is 2.10. The van der Waals surface area contributed by atoms with E-state index in [2.05, 4.69) is 42.6 Å². The van der Waals surface area contributed by atoms with Gasteiger partial charge in [0.25, 0.3) is 0 Å². The smallest absolute Gasteiger partial charge is 0.122 e. The molecule has 2 aromatic heterocycles. The summed E-state index contributed by atoms with van der Waals surface area (Å²) >= 11 is 0. The number of rotatable bonds is 4. The minimum atomic E-state index is 0.0889. The fraction of sp³-hybridized carbons (Fsp3) is 0.533. The third-order valence-electron chi connectivity index (χ3n) is 3.30. The van der Waals surface area contributed by atoms with Gasteiger partial charge in [-0.25, -0.2) is 4.98 Å². The molecule has 0 spiro atoms. The monoisotopic (exact) mass is 261 g/mol. The van der Waals surface area contributed by atoms with E-state index in [9.17, 15) is 0 Å². The van der Waals surface area contributed by atoms with Crippen LogP contribution in [0.2, 0.25) is 0 Å². The first-order valence-electron chi connectivity index (χ1n) is 6.65. The molecule has 0 radical (unpaired) electrons. The van der Waals surface area contributed by atoms with E-state index in [1.165, 1.54) is 11.3 Å². The van der Waals surface area contributed by atoms with Gasteiger partial charge in [0.05, 0.1) is 31.4 Å². The lowest BCUT2D eigenvalue weighted by Gasteiger charge is -2.20. The summed E-state index contributed by atoms with van der Waals surface area (Å²) in [6.07, 6.45) is 3.65. The van der Waals surface area contributed by atoms with Gasteiger partial charge < -0.3 is 14.3 Å². The van der Waals surface area contributed by atoms with Gasteiger partial charge in [-0.15, -0.1) is 0 Å². The lowest BCUT2D eigenvalue weighted by molar-refractivity contribution is 0.385. The highest BCUT2D eigenvalue weighted by molar-refractivity contribution is 5.20. The minimum absolute atomic E-state index is 0.0889. The zero-order chi connectivity index (χ0) is 14.0. The van der Waals surface area contributed by atoms with Gasteiger partial charge in [-0.3, -0.25) is 0 Å². The van der Waals surface area contributed by atoms with Crippen molar-refractivity contribution < 1.29 is 4.42 Å². The molecular weight excluding hydrogens is 238 g/mol. The van der Waals surface area contributed by atoms with E-state index >= 15 is 0 Å². The Morgan fingerprint density at radius 2 is 2.05 bits per heavy atom. The Labute approximate surface area is 114 Å². The van der Waals surface area contributed by atoms with Crippen LogP contribution < -0.4 is 5.32 Å². The summed E-state index contributed by atoms with van der Waals surface area (Å²) in [4.78, 5) is 4.33. The molecule has 2 heterocycles. The van der Waals surface area contributed by atoms with E-state index in [1.54, 1.807) is 6.26 Å². The largest absolute Gasteiger partial charge is 0.468 e. The summed E-state index contributed by atoms with van der Waals surface area (Å²) in [5, 5.41) is 3.45. The van der Waals surface area contributed by atoms with E-state index < -0.39 is 0 Å². The van der Waals surface area contributed by atoms with Gasteiger partial charge in [0.15, 0.2) is 0 Å². The first kappa shape index (κ1) is 13.9. The summed E-state index contributed by atoms with van der Waals surface area (Å²) in [6, 6.07) is 2.04. The molecule has 0 amide bonds. The van der Waals surface area contributed by atoms with E-state index in [-0.39, 0.29) is 5.54 Å². The van der Waals surface area contributed by atoms with E-state index in [4.69, 9.17) is 4.42 Å². The van der Waals surface area contributed by atoms with Gasteiger partial charge in [-0.2, -0.15) is 0 Å². The van der Waals surface area contributed by atoms with Gasteiger partial charge in [0.2, 0.25) is 0 Å². The Bertz CT molecular complexity index is 546. The highest BCUT2D eigenvalue weighted by atomic mass is 16.3. The van der Waals surface area contributed by atoms with Crippen molar-refractivity contribution in [2.45, 2.75) is 53.2 Å². The highest BCUT2D eigenvalue weighted by Gasteiger charge is 2.13. The molecule has 0 aliphatic rings. The SMILES string of the molecule is Cc1ncn(Cc2ccoc2CNC(C)(C)C)c1C. The molecule has 0 atom stereocenters. The van der Waals surface area contributed by atoms with Gasteiger partial charge in [-0.1, -0.05) is 0 Å². The lowest BCUT2D eigenvalue weighted by Crippen LogP contribution is -2.35. The number of imidazole rings is 1. The molecule has 2 aromatic rings. The van der Waals surface area contributed by atoms with Crippen molar-refractivity contribution in [2.75, 3.05) is 0 Å². The number of hydrogen-bond acceptors (Lipinski definition) is 3. The van der Waals surface area contributed by atoms with E-state index in [1.807, 2.05) is 19.3 Å². The molecule has 4 heteroatoms. The van der Waals surface area contributed by atoms with Crippen LogP contribution in [0.4, 0.5) is 0 Å². The standard InChI is InChI=1S/C15H23N3O/c1-11-12(2)18(10-16-11)9-13-6-7-19-14(13)8-17-15(3,4)5/h6-7,10,17H,8-9H2,1-5H3. The van der Waals surface area contributed by atoms with Crippen LogP contribution >= 0.6 is 0 Å². The lowest BCUT2D eigenvalue weighted by atomic mass is 10.1. The molecule has 0 saturated carbocycles. The van der Waals surface area contributed by atoms with Crippen molar-refractivity contribution in [2.24, 2.45) is 0 Å². The van der Waals surface area contributed by atoms with E-state index in [0.717, 1.165) is 24.5 Å². The first-order valence-corrected chi connectivity index (χ1v) is 6.65. The molecule has 0 bridgehead atoms. The summed E-state index contributed by atoms with van der Waals surface area (Å²) in [5.74, 6) is 1.00. The Hall–Kier alpha value is -1.55. The second-order valence-corrected chi connectivity index (χ2v) is 6.02. The first-order chi connectivity index (χ1) is 8.87. The molecule has 19 heavy (non-hydrogen) atoms. The summed E-state index contributed by atoms with van der Waals surface area (Å²) in [7, 11) is 0. The molecule has 0 aromatic carbocycles. The Morgan fingerprint density at radius 1 is 1.32 bits per heavy atom. The van der Waals surface area contributed by atoms with Gasteiger partial charge in [0, 0.05) is 16.8 Å². The van der Waals surface area contributed by atoms with Crippen LogP contribution in [0.15, 0.2) is 23.1 Å². The van der Waals surface area contributed by atoms with Crippen molar-refractivity contribution in [1.29, 1.82) is 0 Å². The maximum absolute atomic E-state index is 5.58. The topological polar surface area (TPSA) is 43.0 Å². The molecule has 0 saturated heterocycles. The van der Waals surface area contributed by atoms with Crippen LogP contribution in [0.1, 0.15) is 43.5 Å². The van der Waals surface area contributed by atoms with Crippen LogP contribution in [0.3, 0.4) is 0 Å². The van der Waals surface area contributed by atoms with Crippen LogP contribution in [-0.2, 0) is 13.1 Å². The van der Waals surface area contributed by atoms with Crippen molar-refractivity contribution in [3.05, 3.63) is 41.4 Å². The van der Waals surface area contributed by atoms with Crippen LogP contribution in [0.25, 0.3) is 0 Å². The zero-order valence-corrected chi connectivity index (χ0v) is 12.4. The summed E-state index contributed by atoms with van der Waals surface area (Å²) < 4.78 is 7.74. The molecule has 4 nitrogen and oxygen atoms in total. The molecule has 0 unspecified atom stereocenters. The molecule has 2 rings (SSSR count). The van der Waals surface area contributed by atoms with Crippen molar-refractivity contribution in [3.8, 4) is 0 Å². The number of aryl methyl sites for hydroxylation is 1.